The van der Waals surface area contributed by atoms with Gasteiger partial charge in [-0.05, 0) is 31.4 Å². The maximum Gasteiger partial charge on any atom is 0.252 e. The van der Waals surface area contributed by atoms with E-state index in [0.29, 0.717) is 12.1 Å². The van der Waals surface area contributed by atoms with Crippen LogP contribution in [0.1, 0.15) is 29.6 Å². The minimum Gasteiger partial charge on any atom is -0.355 e. The SMILES string of the molecule is O=C(NC1CC1)c1cc(N2CCC(N3CC=CC3)C2)nc2ccccc12. The maximum absolute atomic E-state index is 12.8. The van der Waals surface area contributed by atoms with Gasteiger partial charge in [0.2, 0.25) is 0 Å². The van der Waals surface area contributed by atoms with Crippen LogP contribution in [0.25, 0.3) is 10.9 Å². The first-order valence-corrected chi connectivity index (χ1v) is 9.62. The van der Waals surface area contributed by atoms with Gasteiger partial charge < -0.3 is 10.2 Å². The summed E-state index contributed by atoms with van der Waals surface area (Å²) in [6, 6.07) is 10.9. The average Bonchev–Trinajstić information content (AvgIpc) is 3.14. The largest absolute Gasteiger partial charge is 0.355 e. The zero-order chi connectivity index (χ0) is 17.5. The van der Waals surface area contributed by atoms with Gasteiger partial charge in [-0.1, -0.05) is 30.4 Å². The van der Waals surface area contributed by atoms with Crippen LogP contribution in [-0.4, -0.2) is 54.1 Å². The van der Waals surface area contributed by atoms with E-state index in [1.165, 1.54) is 0 Å². The summed E-state index contributed by atoms with van der Waals surface area (Å²) in [7, 11) is 0. The molecular formula is C21H24N4O. The molecule has 1 unspecified atom stereocenters. The molecule has 0 spiro atoms. The summed E-state index contributed by atoms with van der Waals surface area (Å²) < 4.78 is 0. The second-order valence-corrected chi connectivity index (χ2v) is 7.61. The summed E-state index contributed by atoms with van der Waals surface area (Å²) in [6.45, 7) is 4.09. The highest BCUT2D eigenvalue weighted by atomic mass is 16.1. The molecule has 1 aromatic carbocycles. The van der Waals surface area contributed by atoms with Crippen molar-refractivity contribution in [3.8, 4) is 0 Å². The van der Waals surface area contributed by atoms with Gasteiger partial charge in [-0.15, -0.1) is 0 Å². The zero-order valence-electron chi connectivity index (χ0n) is 14.9. The lowest BCUT2D eigenvalue weighted by atomic mass is 10.1. The molecular weight excluding hydrogens is 324 g/mol. The molecule has 1 saturated heterocycles. The first-order valence-electron chi connectivity index (χ1n) is 9.62. The van der Waals surface area contributed by atoms with Crippen molar-refractivity contribution in [2.24, 2.45) is 0 Å². The van der Waals surface area contributed by atoms with Crippen molar-refractivity contribution >= 4 is 22.6 Å². The summed E-state index contributed by atoms with van der Waals surface area (Å²) >= 11 is 0. The molecule has 0 radical (unpaired) electrons. The number of rotatable bonds is 4. The Bertz CT molecular complexity index is 865. The van der Waals surface area contributed by atoms with Crippen LogP contribution in [0.4, 0.5) is 5.82 Å². The maximum atomic E-state index is 12.8. The van der Waals surface area contributed by atoms with E-state index < -0.39 is 0 Å². The number of hydrogen-bond acceptors (Lipinski definition) is 4. The van der Waals surface area contributed by atoms with Crippen molar-refractivity contribution in [3.05, 3.63) is 48.0 Å². The molecule has 2 aromatic rings. The van der Waals surface area contributed by atoms with Crippen LogP contribution in [-0.2, 0) is 0 Å². The number of anilines is 1. The monoisotopic (exact) mass is 348 g/mol. The number of aromatic nitrogens is 1. The smallest absolute Gasteiger partial charge is 0.252 e. The quantitative estimate of drug-likeness (QED) is 0.863. The van der Waals surface area contributed by atoms with E-state index in [0.717, 1.165) is 67.7 Å². The fraction of sp³-hybridized carbons (Fsp3) is 0.429. The Morgan fingerprint density at radius 1 is 1.12 bits per heavy atom. The van der Waals surface area contributed by atoms with Crippen molar-refractivity contribution in [1.29, 1.82) is 0 Å². The van der Waals surface area contributed by atoms with E-state index in [1.807, 2.05) is 30.3 Å². The molecule has 1 aromatic heterocycles. The fourth-order valence-corrected chi connectivity index (χ4v) is 4.04. The number of pyridine rings is 1. The molecule has 26 heavy (non-hydrogen) atoms. The minimum atomic E-state index is 0.0341. The Kier molecular flexibility index (Phi) is 3.89. The molecule has 134 valence electrons. The summed E-state index contributed by atoms with van der Waals surface area (Å²) in [6.07, 6.45) is 7.84. The summed E-state index contributed by atoms with van der Waals surface area (Å²) in [4.78, 5) is 22.5. The molecule has 1 amide bonds. The Morgan fingerprint density at radius 2 is 1.92 bits per heavy atom. The Balaban J connectivity index is 1.45. The number of carbonyl (C=O) groups excluding carboxylic acids is 1. The van der Waals surface area contributed by atoms with Crippen molar-refractivity contribution in [2.75, 3.05) is 31.1 Å². The number of benzene rings is 1. The Hall–Kier alpha value is -2.40. The van der Waals surface area contributed by atoms with E-state index in [9.17, 15) is 4.79 Å². The standard InChI is InChI=1S/C21H24N4O/c26-21(22-15-7-8-15)18-13-20(23-19-6-2-1-5-17(18)19)25-12-9-16(14-25)24-10-3-4-11-24/h1-6,13,15-16H,7-12,14H2,(H,22,26). The van der Waals surface area contributed by atoms with Gasteiger partial charge in [0.15, 0.2) is 0 Å². The Morgan fingerprint density at radius 3 is 2.73 bits per heavy atom. The second kappa shape index (κ2) is 6.40. The van der Waals surface area contributed by atoms with Gasteiger partial charge in [0.05, 0.1) is 11.1 Å². The van der Waals surface area contributed by atoms with Crippen LogP contribution in [0.15, 0.2) is 42.5 Å². The van der Waals surface area contributed by atoms with Crippen LogP contribution in [0.2, 0.25) is 0 Å². The van der Waals surface area contributed by atoms with Crippen LogP contribution in [0, 0.1) is 0 Å². The van der Waals surface area contributed by atoms with Crippen molar-refractivity contribution in [3.63, 3.8) is 0 Å². The predicted octanol–water partition coefficient (Wildman–Crippen LogP) is 2.58. The average molecular weight is 348 g/mol. The van der Waals surface area contributed by atoms with E-state index in [-0.39, 0.29) is 5.91 Å². The minimum absolute atomic E-state index is 0.0341. The lowest BCUT2D eigenvalue weighted by Gasteiger charge is -2.24. The van der Waals surface area contributed by atoms with Gasteiger partial charge >= 0.3 is 0 Å². The van der Waals surface area contributed by atoms with Crippen molar-refractivity contribution in [2.45, 2.75) is 31.3 Å². The van der Waals surface area contributed by atoms with E-state index >= 15 is 0 Å². The number of nitrogens with zero attached hydrogens (tertiary/aromatic N) is 3. The van der Waals surface area contributed by atoms with Crippen molar-refractivity contribution < 1.29 is 4.79 Å². The highest BCUT2D eigenvalue weighted by molar-refractivity contribution is 6.07. The normalized spacial score (nSPS) is 23.1. The van der Waals surface area contributed by atoms with Gasteiger partial charge in [-0.2, -0.15) is 0 Å². The molecule has 3 heterocycles. The number of hydrogen-bond donors (Lipinski definition) is 1. The third-order valence-electron chi connectivity index (χ3n) is 5.71. The van der Waals surface area contributed by atoms with E-state index in [4.69, 9.17) is 4.98 Å². The third kappa shape index (κ3) is 2.97. The molecule has 1 aliphatic carbocycles. The number of nitrogens with one attached hydrogen (secondary N) is 1. The molecule has 5 nitrogen and oxygen atoms in total. The van der Waals surface area contributed by atoms with Crippen LogP contribution < -0.4 is 10.2 Å². The molecule has 5 heteroatoms. The lowest BCUT2D eigenvalue weighted by molar-refractivity contribution is 0.0952. The lowest BCUT2D eigenvalue weighted by Crippen LogP contribution is -2.36. The summed E-state index contributed by atoms with van der Waals surface area (Å²) in [5.41, 5.74) is 1.65. The van der Waals surface area contributed by atoms with Gasteiger partial charge in [-0.25, -0.2) is 4.98 Å². The molecule has 2 fully saturated rings. The third-order valence-corrected chi connectivity index (χ3v) is 5.71. The predicted molar refractivity (Wildman–Crippen MR) is 104 cm³/mol. The number of fused-ring (bicyclic) bond motifs is 1. The molecule has 2 aliphatic heterocycles. The number of amides is 1. The summed E-state index contributed by atoms with van der Waals surface area (Å²) in [5, 5.41) is 4.07. The fourth-order valence-electron chi connectivity index (χ4n) is 4.04. The highest BCUT2D eigenvalue weighted by Crippen LogP contribution is 2.28. The number of carbonyl (C=O) groups is 1. The highest BCUT2D eigenvalue weighted by Gasteiger charge is 2.30. The van der Waals surface area contributed by atoms with Gasteiger partial charge in [-0.3, -0.25) is 9.69 Å². The molecule has 0 bridgehead atoms. The first kappa shape index (κ1) is 15.8. The van der Waals surface area contributed by atoms with E-state index in [2.05, 4.69) is 27.3 Å². The van der Waals surface area contributed by atoms with Crippen LogP contribution in [0.3, 0.4) is 0 Å². The topological polar surface area (TPSA) is 48.5 Å². The molecule has 5 rings (SSSR count). The van der Waals surface area contributed by atoms with Gasteiger partial charge in [0, 0.05) is 43.6 Å². The molecule has 3 aliphatic rings. The van der Waals surface area contributed by atoms with E-state index in [1.54, 1.807) is 0 Å². The second-order valence-electron chi connectivity index (χ2n) is 7.61. The van der Waals surface area contributed by atoms with Gasteiger partial charge in [0.1, 0.15) is 5.82 Å². The molecule has 1 N–H and O–H groups in total. The molecule has 1 atom stereocenters. The molecule has 1 saturated carbocycles. The van der Waals surface area contributed by atoms with Crippen LogP contribution in [0.5, 0.6) is 0 Å². The van der Waals surface area contributed by atoms with Crippen LogP contribution >= 0.6 is 0 Å². The van der Waals surface area contributed by atoms with Gasteiger partial charge in [0.25, 0.3) is 5.91 Å². The number of para-hydroxylation sites is 1. The van der Waals surface area contributed by atoms with Crippen molar-refractivity contribution in [1.82, 2.24) is 15.2 Å². The zero-order valence-corrected chi connectivity index (χ0v) is 14.9. The first-order chi connectivity index (χ1) is 12.8. The summed E-state index contributed by atoms with van der Waals surface area (Å²) in [5.74, 6) is 0.964. The Labute approximate surface area is 153 Å².